The van der Waals surface area contributed by atoms with E-state index in [-0.39, 0.29) is 17.8 Å². The number of ketones is 1. The fourth-order valence-corrected chi connectivity index (χ4v) is 1.67. The molecule has 1 aromatic rings. The average Bonchev–Trinajstić information content (AvgIpc) is 2.44. The third-order valence-corrected chi connectivity index (χ3v) is 3.27. The molecule has 1 aromatic carbocycles. The zero-order valence-electron chi connectivity index (χ0n) is 11.8. The molecule has 0 fully saturated rings. The van der Waals surface area contributed by atoms with Gasteiger partial charge >= 0.3 is 0 Å². The maximum absolute atomic E-state index is 11.7. The van der Waals surface area contributed by atoms with E-state index >= 15 is 0 Å². The first-order valence-electron chi connectivity index (χ1n) is 6.54. The van der Waals surface area contributed by atoms with Crippen molar-refractivity contribution in [1.29, 1.82) is 0 Å². The molecular weight excluding hydrogens is 236 g/mol. The summed E-state index contributed by atoms with van der Waals surface area (Å²) < 4.78 is 5.80. The number of benzene rings is 1. The lowest BCUT2D eigenvalue weighted by Crippen LogP contribution is -2.21. The Labute approximate surface area is 115 Å². The number of hydrogen-bond acceptors (Lipinski definition) is 2. The molecular formula is C17H22O2. The Kier molecular flexibility index (Phi) is 6.23. The lowest BCUT2D eigenvalue weighted by Gasteiger charge is -2.20. The van der Waals surface area contributed by atoms with E-state index in [1.165, 1.54) is 6.08 Å². The van der Waals surface area contributed by atoms with Crippen LogP contribution in [0.1, 0.15) is 25.8 Å². The zero-order chi connectivity index (χ0) is 14.3. The Hall–Kier alpha value is -1.67. The zero-order valence-corrected chi connectivity index (χ0v) is 11.8. The normalized spacial score (nSPS) is 13.6. The average molecular weight is 258 g/mol. The number of Topliss-reactive ketones (excluding diaryl/α,β-unsaturated/α-hetero) is 1. The maximum atomic E-state index is 11.7. The van der Waals surface area contributed by atoms with Crippen LogP contribution in [-0.2, 0) is 16.1 Å². The van der Waals surface area contributed by atoms with Crippen LogP contribution < -0.4 is 0 Å². The van der Waals surface area contributed by atoms with Gasteiger partial charge < -0.3 is 4.74 Å². The van der Waals surface area contributed by atoms with E-state index in [9.17, 15) is 4.79 Å². The van der Waals surface area contributed by atoms with Crippen molar-refractivity contribution in [2.75, 3.05) is 0 Å². The van der Waals surface area contributed by atoms with Crippen molar-refractivity contribution in [3.8, 4) is 0 Å². The van der Waals surface area contributed by atoms with E-state index in [1.54, 1.807) is 0 Å². The predicted octanol–water partition coefficient (Wildman–Crippen LogP) is 3.93. The summed E-state index contributed by atoms with van der Waals surface area (Å²) in [4.78, 5) is 11.7. The second kappa shape index (κ2) is 7.70. The number of carbonyl (C=O) groups excluding carboxylic acids is 1. The van der Waals surface area contributed by atoms with Gasteiger partial charge in [0.1, 0.15) is 0 Å². The third-order valence-electron chi connectivity index (χ3n) is 3.27. The highest BCUT2D eigenvalue weighted by Crippen LogP contribution is 2.16. The van der Waals surface area contributed by atoms with Crippen LogP contribution in [0.25, 0.3) is 0 Å². The van der Waals surface area contributed by atoms with Crippen molar-refractivity contribution in [2.45, 2.75) is 33.0 Å². The van der Waals surface area contributed by atoms with Crippen LogP contribution in [0, 0.1) is 5.92 Å². The SMILES string of the molecule is C=CC(=C)C(=O)CC(C)[C@H](C)OCc1ccccc1. The Balaban J connectivity index is 2.40. The maximum Gasteiger partial charge on any atom is 0.162 e. The summed E-state index contributed by atoms with van der Waals surface area (Å²) in [5.74, 6) is 0.200. The number of rotatable bonds is 8. The predicted molar refractivity (Wildman–Crippen MR) is 78.8 cm³/mol. The monoisotopic (exact) mass is 258 g/mol. The van der Waals surface area contributed by atoms with Crippen LogP contribution in [0.15, 0.2) is 55.1 Å². The molecule has 2 heteroatoms. The Morgan fingerprint density at radius 2 is 1.95 bits per heavy atom. The van der Waals surface area contributed by atoms with Gasteiger partial charge in [0, 0.05) is 12.0 Å². The molecule has 0 aliphatic carbocycles. The second-order valence-corrected chi connectivity index (χ2v) is 4.84. The Morgan fingerprint density at radius 1 is 1.32 bits per heavy atom. The van der Waals surface area contributed by atoms with Crippen LogP contribution in [0.5, 0.6) is 0 Å². The van der Waals surface area contributed by atoms with Crippen LogP contribution >= 0.6 is 0 Å². The molecule has 0 heterocycles. The summed E-state index contributed by atoms with van der Waals surface area (Å²) in [6.07, 6.45) is 1.98. The van der Waals surface area contributed by atoms with Crippen molar-refractivity contribution in [2.24, 2.45) is 5.92 Å². The molecule has 0 spiro atoms. The van der Waals surface area contributed by atoms with Crippen LogP contribution in [0.2, 0.25) is 0 Å². The number of hydrogen-bond donors (Lipinski definition) is 0. The van der Waals surface area contributed by atoms with Gasteiger partial charge in [-0.05, 0) is 18.4 Å². The number of ether oxygens (including phenoxy) is 1. The Bertz CT molecular complexity index is 434. The lowest BCUT2D eigenvalue weighted by molar-refractivity contribution is -0.117. The summed E-state index contributed by atoms with van der Waals surface area (Å²) in [6.45, 7) is 11.8. The molecule has 0 N–H and O–H groups in total. The number of allylic oxidation sites excluding steroid dienone is 2. The molecule has 0 amide bonds. The largest absolute Gasteiger partial charge is 0.374 e. The van der Waals surface area contributed by atoms with E-state index in [0.717, 1.165) is 5.56 Å². The fourth-order valence-electron chi connectivity index (χ4n) is 1.67. The highest BCUT2D eigenvalue weighted by Gasteiger charge is 2.17. The van der Waals surface area contributed by atoms with Gasteiger partial charge in [-0.25, -0.2) is 0 Å². The summed E-state index contributed by atoms with van der Waals surface area (Å²) >= 11 is 0. The van der Waals surface area contributed by atoms with E-state index in [0.29, 0.717) is 18.6 Å². The van der Waals surface area contributed by atoms with Crippen molar-refractivity contribution < 1.29 is 9.53 Å². The van der Waals surface area contributed by atoms with Gasteiger partial charge in [-0.3, -0.25) is 4.79 Å². The highest BCUT2D eigenvalue weighted by atomic mass is 16.5. The van der Waals surface area contributed by atoms with E-state index in [1.807, 2.05) is 44.2 Å². The minimum atomic E-state index is 0.0294. The smallest absolute Gasteiger partial charge is 0.162 e. The minimum absolute atomic E-state index is 0.0294. The molecule has 0 saturated carbocycles. The summed E-state index contributed by atoms with van der Waals surface area (Å²) in [6, 6.07) is 10.0. The quantitative estimate of drug-likeness (QED) is 0.521. The molecule has 1 rings (SSSR count). The minimum Gasteiger partial charge on any atom is -0.374 e. The Morgan fingerprint density at radius 3 is 2.53 bits per heavy atom. The van der Waals surface area contributed by atoms with E-state index in [4.69, 9.17) is 4.74 Å². The summed E-state index contributed by atoms with van der Waals surface area (Å²) in [5, 5.41) is 0. The van der Waals surface area contributed by atoms with Gasteiger partial charge in [0.2, 0.25) is 0 Å². The lowest BCUT2D eigenvalue weighted by atomic mass is 9.96. The van der Waals surface area contributed by atoms with Crippen molar-refractivity contribution in [3.05, 3.63) is 60.7 Å². The fraction of sp³-hybridized carbons (Fsp3) is 0.353. The molecule has 0 bridgehead atoms. The van der Waals surface area contributed by atoms with Gasteiger partial charge in [-0.1, -0.05) is 56.5 Å². The molecule has 0 aromatic heterocycles. The summed E-state index contributed by atoms with van der Waals surface area (Å²) in [5.41, 5.74) is 1.62. The van der Waals surface area contributed by atoms with Gasteiger partial charge in [0.05, 0.1) is 12.7 Å². The van der Waals surface area contributed by atoms with Gasteiger partial charge in [-0.15, -0.1) is 0 Å². The van der Waals surface area contributed by atoms with Gasteiger partial charge in [-0.2, -0.15) is 0 Å². The van der Waals surface area contributed by atoms with Crippen LogP contribution in [0.3, 0.4) is 0 Å². The molecule has 0 radical (unpaired) electrons. The number of carbonyl (C=O) groups is 1. The topological polar surface area (TPSA) is 26.3 Å². The molecule has 102 valence electrons. The second-order valence-electron chi connectivity index (χ2n) is 4.84. The van der Waals surface area contributed by atoms with Crippen molar-refractivity contribution in [1.82, 2.24) is 0 Å². The first kappa shape index (κ1) is 15.4. The molecule has 0 aliphatic heterocycles. The van der Waals surface area contributed by atoms with Crippen LogP contribution in [-0.4, -0.2) is 11.9 Å². The van der Waals surface area contributed by atoms with E-state index in [2.05, 4.69) is 13.2 Å². The highest BCUT2D eigenvalue weighted by molar-refractivity contribution is 5.97. The van der Waals surface area contributed by atoms with Gasteiger partial charge in [0.25, 0.3) is 0 Å². The first-order chi connectivity index (χ1) is 9.04. The standard InChI is InChI=1S/C17H22O2/c1-5-13(2)17(18)11-14(3)15(4)19-12-16-9-7-6-8-10-16/h5-10,14-15H,1-2,11-12H2,3-4H3/t14?,15-/m0/s1. The van der Waals surface area contributed by atoms with Crippen molar-refractivity contribution in [3.63, 3.8) is 0 Å². The molecule has 0 aliphatic rings. The van der Waals surface area contributed by atoms with Crippen molar-refractivity contribution >= 4 is 5.78 Å². The van der Waals surface area contributed by atoms with Crippen LogP contribution in [0.4, 0.5) is 0 Å². The molecule has 1 unspecified atom stereocenters. The first-order valence-corrected chi connectivity index (χ1v) is 6.54. The van der Waals surface area contributed by atoms with Gasteiger partial charge in [0.15, 0.2) is 5.78 Å². The molecule has 2 nitrogen and oxygen atoms in total. The molecule has 19 heavy (non-hydrogen) atoms. The molecule has 0 saturated heterocycles. The van der Waals surface area contributed by atoms with E-state index < -0.39 is 0 Å². The summed E-state index contributed by atoms with van der Waals surface area (Å²) in [7, 11) is 0. The third kappa shape index (κ3) is 5.23. The molecule has 2 atom stereocenters.